The summed E-state index contributed by atoms with van der Waals surface area (Å²) >= 11 is 0. The summed E-state index contributed by atoms with van der Waals surface area (Å²) in [5, 5.41) is 3.27. The summed E-state index contributed by atoms with van der Waals surface area (Å²) in [4.78, 5) is 16.8. The predicted octanol–water partition coefficient (Wildman–Crippen LogP) is 0.681. The van der Waals surface area contributed by atoms with Gasteiger partial charge in [-0.3, -0.25) is 9.69 Å². The fourth-order valence-electron chi connectivity index (χ4n) is 3.01. The molecule has 0 radical (unpaired) electrons. The number of rotatable bonds is 3. The standard InChI is InChI=1S/C13H25N3O/c1-3-15-8-4-6-12(15)10-16-9-5-7-14-11(2)13(16)17/h11-12,14H,3-10H2,1-2H3. The number of hydrogen-bond donors (Lipinski definition) is 1. The summed E-state index contributed by atoms with van der Waals surface area (Å²) in [5.41, 5.74) is 0. The van der Waals surface area contributed by atoms with Crippen LogP contribution in [0.5, 0.6) is 0 Å². The number of likely N-dealkylation sites (N-methyl/N-ethyl adjacent to an activating group) is 1. The minimum Gasteiger partial charge on any atom is -0.340 e. The highest BCUT2D eigenvalue weighted by Gasteiger charge is 2.29. The van der Waals surface area contributed by atoms with Gasteiger partial charge in [0.1, 0.15) is 0 Å². The van der Waals surface area contributed by atoms with E-state index < -0.39 is 0 Å². The number of likely N-dealkylation sites (tertiary alicyclic amines) is 1. The van der Waals surface area contributed by atoms with Crippen molar-refractivity contribution in [2.75, 3.05) is 32.7 Å². The Labute approximate surface area is 104 Å². The minimum atomic E-state index is -0.00557. The number of carbonyl (C=O) groups is 1. The molecule has 2 atom stereocenters. The van der Waals surface area contributed by atoms with Crippen LogP contribution < -0.4 is 5.32 Å². The topological polar surface area (TPSA) is 35.6 Å². The summed E-state index contributed by atoms with van der Waals surface area (Å²) in [6.45, 7) is 9.33. The summed E-state index contributed by atoms with van der Waals surface area (Å²) < 4.78 is 0. The van der Waals surface area contributed by atoms with Crippen LogP contribution in [0.1, 0.15) is 33.1 Å². The van der Waals surface area contributed by atoms with E-state index in [4.69, 9.17) is 0 Å². The van der Waals surface area contributed by atoms with E-state index >= 15 is 0 Å². The van der Waals surface area contributed by atoms with Crippen molar-refractivity contribution in [3.05, 3.63) is 0 Å². The average Bonchev–Trinajstić information content (AvgIpc) is 2.72. The third-order valence-electron chi connectivity index (χ3n) is 4.07. The first-order chi connectivity index (χ1) is 8.22. The van der Waals surface area contributed by atoms with Crippen molar-refractivity contribution in [3.63, 3.8) is 0 Å². The molecule has 2 fully saturated rings. The van der Waals surface area contributed by atoms with Gasteiger partial charge in [0.15, 0.2) is 0 Å². The van der Waals surface area contributed by atoms with Gasteiger partial charge in [-0.05, 0) is 45.8 Å². The SMILES string of the molecule is CCN1CCCC1CN1CCCNC(C)C1=O. The lowest BCUT2D eigenvalue weighted by molar-refractivity contribution is -0.132. The Kier molecular flexibility index (Phi) is 4.40. The highest BCUT2D eigenvalue weighted by molar-refractivity contribution is 5.81. The molecule has 1 amide bonds. The molecule has 1 N–H and O–H groups in total. The Morgan fingerprint density at radius 3 is 2.94 bits per heavy atom. The Morgan fingerprint density at radius 2 is 2.18 bits per heavy atom. The van der Waals surface area contributed by atoms with Gasteiger partial charge in [0.05, 0.1) is 6.04 Å². The van der Waals surface area contributed by atoms with Crippen LogP contribution in [0.3, 0.4) is 0 Å². The van der Waals surface area contributed by atoms with Crippen molar-refractivity contribution in [2.24, 2.45) is 0 Å². The molecule has 4 nitrogen and oxygen atoms in total. The van der Waals surface area contributed by atoms with Crippen molar-refractivity contribution >= 4 is 5.91 Å². The summed E-state index contributed by atoms with van der Waals surface area (Å²) in [5.74, 6) is 0.283. The molecule has 98 valence electrons. The third-order valence-corrected chi connectivity index (χ3v) is 4.07. The normalized spacial score (nSPS) is 31.9. The molecule has 0 aromatic rings. The second-order valence-electron chi connectivity index (χ2n) is 5.24. The molecule has 4 heteroatoms. The number of nitrogens with one attached hydrogen (secondary N) is 1. The lowest BCUT2D eigenvalue weighted by Crippen LogP contribution is -2.47. The molecule has 0 aromatic carbocycles. The van der Waals surface area contributed by atoms with Crippen molar-refractivity contribution in [3.8, 4) is 0 Å². The predicted molar refractivity (Wildman–Crippen MR) is 68.9 cm³/mol. The zero-order valence-electron chi connectivity index (χ0n) is 11.1. The monoisotopic (exact) mass is 239 g/mol. The zero-order valence-corrected chi connectivity index (χ0v) is 11.1. The Bertz CT molecular complexity index is 269. The molecule has 2 rings (SSSR count). The van der Waals surface area contributed by atoms with Gasteiger partial charge in [-0.2, -0.15) is 0 Å². The molecule has 17 heavy (non-hydrogen) atoms. The third kappa shape index (κ3) is 2.99. The van der Waals surface area contributed by atoms with Gasteiger partial charge in [0, 0.05) is 19.1 Å². The average molecular weight is 239 g/mol. The van der Waals surface area contributed by atoms with Crippen LogP contribution in [-0.4, -0.2) is 60.5 Å². The van der Waals surface area contributed by atoms with Crippen LogP contribution in [0.25, 0.3) is 0 Å². The largest absolute Gasteiger partial charge is 0.340 e. The number of carbonyl (C=O) groups excluding carboxylic acids is 1. The summed E-state index contributed by atoms with van der Waals surface area (Å²) in [6.07, 6.45) is 3.61. The summed E-state index contributed by atoms with van der Waals surface area (Å²) in [6, 6.07) is 0.586. The first-order valence-electron chi connectivity index (χ1n) is 6.98. The quantitative estimate of drug-likeness (QED) is 0.787. The lowest BCUT2D eigenvalue weighted by Gasteiger charge is -2.30. The molecule has 2 aliphatic heterocycles. The maximum atomic E-state index is 12.2. The van der Waals surface area contributed by atoms with Gasteiger partial charge >= 0.3 is 0 Å². The van der Waals surface area contributed by atoms with E-state index in [1.54, 1.807) is 0 Å². The van der Waals surface area contributed by atoms with E-state index in [9.17, 15) is 4.79 Å². The van der Waals surface area contributed by atoms with Gasteiger partial charge < -0.3 is 10.2 Å². The molecular formula is C13H25N3O. The van der Waals surface area contributed by atoms with Crippen LogP contribution in [-0.2, 0) is 4.79 Å². The first-order valence-corrected chi connectivity index (χ1v) is 6.98. The Hall–Kier alpha value is -0.610. The molecule has 0 bridgehead atoms. The second kappa shape index (κ2) is 5.83. The van der Waals surface area contributed by atoms with E-state index in [1.807, 2.05) is 6.92 Å². The first kappa shape index (κ1) is 12.8. The van der Waals surface area contributed by atoms with E-state index in [0.29, 0.717) is 6.04 Å². The van der Waals surface area contributed by atoms with E-state index in [2.05, 4.69) is 22.0 Å². The van der Waals surface area contributed by atoms with E-state index in [0.717, 1.165) is 32.6 Å². The Morgan fingerprint density at radius 1 is 1.35 bits per heavy atom. The second-order valence-corrected chi connectivity index (χ2v) is 5.24. The van der Waals surface area contributed by atoms with Crippen LogP contribution >= 0.6 is 0 Å². The van der Waals surface area contributed by atoms with Crippen molar-refractivity contribution < 1.29 is 4.79 Å². The van der Waals surface area contributed by atoms with Crippen LogP contribution in [0, 0.1) is 0 Å². The van der Waals surface area contributed by atoms with Crippen molar-refractivity contribution in [2.45, 2.75) is 45.2 Å². The molecule has 2 aliphatic rings. The molecule has 2 saturated heterocycles. The molecule has 0 aromatic heterocycles. The molecule has 0 spiro atoms. The van der Waals surface area contributed by atoms with Gasteiger partial charge in [0.25, 0.3) is 0 Å². The van der Waals surface area contributed by atoms with Crippen molar-refractivity contribution in [1.82, 2.24) is 15.1 Å². The van der Waals surface area contributed by atoms with Crippen LogP contribution in [0.15, 0.2) is 0 Å². The fourth-order valence-corrected chi connectivity index (χ4v) is 3.01. The maximum absolute atomic E-state index is 12.2. The highest BCUT2D eigenvalue weighted by atomic mass is 16.2. The number of amides is 1. The number of nitrogens with zero attached hydrogens (tertiary/aromatic N) is 2. The van der Waals surface area contributed by atoms with Crippen LogP contribution in [0.2, 0.25) is 0 Å². The molecule has 0 aliphatic carbocycles. The number of hydrogen-bond acceptors (Lipinski definition) is 3. The molecule has 2 heterocycles. The van der Waals surface area contributed by atoms with E-state index in [-0.39, 0.29) is 11.9 Å². The molecule has 2 unspecified atom stereocenters. The van der Waals surface area contributed by atoms with Crippen LogP contribution in [0.4, 0.5) is 0 Å². The molecule has 0 saturated carbocycles. The van der Waals surface area contributed by atoms with E-state index in [1.165, 1.54) is 19.4 Å². The van der Waals surface area contributed by atoms with Gasteiger partial charge in [-0.1, -0.05) is 6.92 Å². The van der Waals surface area contributed by atoms with Gasteiger partial charge in [-0.15, -0.1) is 0 Å². The van der Waals surface area contributed by atoms with Gasteiger partial charge in [0.2, 0.25) is 5.91 Å². The minimum absolute atomic E-state index is 0.00557. The van der Waals surface area contributed by atoms with Crippen molar-refractivity contribution in [1.29, 1.82) is 0 Å². The Balaban J connectivity index is 1.94. The summed E-state index contributed by atoms with van der Waals surface area (Å²) in [7, 11) is 0. The van der Waals surface area contributed by atoms with Gasteiger partial charge in [-0.25, -0.2) is 0 Å². The fraction of sp³-hybridized carbons (Fsp3) is 0.923. The zero-order chi connectivity index (χ0) is 12.3. The highest BCUT2D eigenvalue weighted by Crippen LogP contribution is 2.18. The lowest BCUT2D eigenvalue weighted by atomic mass is 10.2. The smallest absolute Gasteiger partial charge is 0.239 e. The molecular weight excluding hydrogens is 214 g/mol. The maximum Gasteiger partial charge on any atom is 0.239 e.